The Bertz CT molecular complexity index is 1290. The third-order valence-corrected chi connectivity index (χ3v) is 5.25. The number of amides is 2. The molecule has 2 heterocycles. The van der Waals surface area contributed by atoms with Crippen molar-refractivity contribution in [3.63, 3.8) is 0 Å². The Morgan fingerprint density at radius 2 is 1.32 bits per heavy atom. The fraction of sp³-hybridized carbons (Fsp3) is 0.0417. The molecule has 5 rings (SSSR count). The minimum Gasteiger partial charge on any atom is -0.289 e. The summed E-state index contributed by atoms with van der Waals surface area (Å²) in [5.74, 6) is -0.893. The van der Waals surface area contributed by atoms with Crippen LogP contribution in [-0.4, -0.2) is 37.5 Å². The van der Waals surface area contributed by atoms with Gasteiger partial charge in [0.25, 0.3) is 11.8 Å². The molecular formula is C24H16N4O3. The average Bonchev–Trinajstić information content (AvgIpc) is 3.38. The molecule has 150 valence electrons. The number of aromatic nitrogens is 3. The summed E-state index contributed by atoms with van der Waals surface area (Å²) in [5, 5.41) is 8.04. The molecule has 1 aliphatic rings. The highest BCUT2D eigenvalue weighted by atomic mass is 16.2. The van der Waals surface area contributed by atoms with Crippen LogP contribution in [-0.2, 0) is 6.67 Å². The first-order valence-electron chi connectivity index (χ1n) is 9.68. The van der Waals surface area contributed by atoms with Crippen molar-refractivity contribution < 1.29 is 14.4 Å². The van der Waals surface area contributed by atoms with Gasteiger partial charge in [0.15, 0.2) is 5.78 Å². The number of benzene rings is 3. The highest BCUT2D eigenvalue weighted by Crippen LogP contribution is 2.27. The number of fused-ring (bicyclic) bond motifs is 1. The van der Waals surface area contributed by atoms with Crippen LogP contribution in [0, 0.1) is 0 Å². The zero-order chi connectivity index (χ0) is 21.4. The van der Waals surface area contributed by atoms with Gasteiger partial charge in [-0.1, -0.05) is 71.9 Å². The first-order chi connectivity index (χ1) is 15.1. The van der Waals surface area contributed by atoms with Crippen molar-refractivity contribution in [3.8, 4) is 11.3 Å². The highest BCUT2D eigenvalue weighted by Gasteiger charge is 2.35. The van der Waals surface area contributed by atoms with Crippen molar-refractivity contribution in [2.75, 3.05) is 0 Å². The normalized spacial score (nSPS) is 12.8. The van der Waals surface area contributed by atoms with Gasteiger partial charge in [-0.2, -0.15) is 0 Å². The van der Waals surface area contributed by atoms with Crippen LogP contribution in [0.3, 0.4) is 0 Å². The standard InChI is InChI=1S/C24H16N4O3/c29-22(16-8-2-1-3-9-16)18-11-5-4-10-17(18)21-14-25-26-28(21)15-27-23(30)19-12-6-7-13-20(19)24(27)31/h1-14H,15H2. The lowest BCUT2D eigenvalue weighted by molar-refractivity contribution is 0.0597. The first kappa shape index (κ1) is 18.6. The third kappa shape index (κ3) is 3.12. The highest BCUT2D eigenvalue weighted by molar-refractivity contribution is 6.21. The number of nitrogens with zero attached hydrogens (tertiary/aromatic N) is 4. The average molecular weight is 408 g/mol. The summed E-state index contributed by atoms with van der Waals surface area (Å²) < 4.78 is 1.46. The number of ketones is 1. The molecule has 0 unspecified atom stereocenters. The molecule has 7 nitrogen and oxygen atoms in total. The van der Waals surface area contributed by atoms with Crippen LogP contribution in [0.5, 0.6) is 0 Å². The second kappa shape index (κ2) is 7.46. The molecular weight excluding hydrogens is 392 g/mol. The first-order valence-corrected chi connectivity index (χ1v) is 9.68. The molecule has 0 atom stereocenters. The molecule has 1 aliphatic heterocycles. The second-order valence-corrected chi connectivity index (χ2v) is 7.08. The summed E-state index contributed by atoms with van der Waals surface area (Å²) in [6.07, 6.45) is 1.52. The summed E-state index contributed by atoms with van der Waals surface area (Å²) in [5.41, 5.74) is 2.95. The summed E-state index contributed by atoms with van der Waals surface area (Å²) in [6.45, 7) is -0.102. The Kier molecular flexibility index (Phi) is 4.48. The monoisotopic (exact) mass is 408 g/mol. The number of imide groups is 1. The minimum absolute atomic E-state index is 0.102. The van der Waals surface area contributed by atoms with Gasteiger partial charge in [-0.15, -0.1) is 5.10 Å². The SMILES string of the molecule is O=C(c1ccccc1)c1ccccc1-c1cnnn1CN1C(=O)c2ccccc2C1=O. The van der Waals surface area contributed by atoms with E-state index in [-0.39, 0.29) is 24.3 Å². The van der Waals surface area contributed by atoms with Crippen LogP contribution >= 0.6 is 0 Å². The Morgan fingerprint density at radius 1 is 0.742 bits per heavy atom. The lowest BCUT2D eigenvalue weighted by Crippen LogP contribution is -2.32. The summed E-state index contributed by atoms with van der Waals surface area (Å²) in [6, 6.07) is 22.8. The van der Waals surface area contributed by atoms with Crippen molar-refractivity contribution in [3.05, 3.63) is 107 Å². The van der Waals surface area contributed by atoms with E-state index < -0.39 is 0 Å². The van der Waals surface area contributed by atoms with Gasteiger partial charge in [0.2, 0.25) is 0 Å². The van der Waals surface area contributed by atoms with Crippen molar-refractivity contribution in [1.82, 2.24) is 19.9 Å². The molecule has 2 amide bonds. The third-order valence-electron chi connectivity index (χ3n) is 5.25. The van der Waals surface area contributed by atoms with Crippen LogP contribution in [0.25, 0.3) is 11.3 Å². The smallest absolute Gasteiger partial charge is 0.263 e. The lowest BCUT2D eigenvalue weighted by Gasteiger charge is -2.16. The van der Waals surface area contributed by atoms with Crippen LogP contribution in [0.1, 0.15) is 36.6 Å². The molecule has 0 spiro atoms. The Labute approximate surface area is 177 Å². The summed E-state index contributed by atoms with van der Waals surface area (Å²) >= 11 is 0. The minimum atomic E-state index is -0.379. The topological polar surface area (TPSA) is 85.2 Å². The van der Waals surface area contributed by atoms with Gasteiger partial charge in [-0.05, 0) is 12.1 Å². The van der Waals surface area contributed by atoms with E-state index in [2.05, 4.69) is 10.3 Å². The van der Waals surface area contributed by atoms with Crippen LogP contribution in [0.4, 0.5) is 0 Å². The van der Waals surface area contributed by atoms with E-state index in [1.165, 1.54) is 10.9 Å². The molecule has 0 fully saturated rings. The van der Waals surface area contributed by atoms with Gasteiger partial charge in [0, 0.05) is 16.7 Å². The molecule has 0 saturated heterocycles. The van der Waals surface area contributed by atoms with E-state index in [1.807, 2.05) is 24.3 Å². The Balaban J connectivity index is 1.51. The molecule has 7 heteroatoms. The van der Waals surface area contributed by atoms with E-state index >= 15 is 0 Å². The van der Waals surface area contributed by atoms with Crippen LogP contribution in [0.2, 0.25) is 0 Å². The maximum absolute atomic E-state index is 13.1. The second-order valence-electron chi connectivity index (χ2n) is 7.08. The molecule has 1 aromatic heterocycles. The van der Waals surface area contributed by atoms with Crippen LogP contribution in [0.15, 0.2) is 85.1 Å². The van der Waals surface area contributed by atoms with Gasteiger partial charge >= 0.3 is 0 Å². The molecule has 0 saturated carbocycles. The summed E-state index contributed by atoms with van der Waals surface area (Å²) in [4.78, 5) is 39.7. The van der Waals surface area contributed by atoms with Crippen molar-refractivity contribution in [1.29, 1.82) is 0 Å². The van der Waals surface area contributed by atoms with Gasteiger partial charge in [-0.25, -0.2) is 4.68 Å². The molecule has 0 aliphatic carbocycles. The maximum atomic E-state index is 13.1. The molecule has 4 aromatic rings. The zero-order valence-corrected chi connectivity index (χ0v) is 16.3. The lowest BCUT2D eigenvalue weighted by atomic mass is 9.97. The summed E-state index contributed by atoms with van der Waals surface area (Å²) in [7, 11) is 0. The molecule has 3 aromatic carbocycles. The van der Waals surface area contributed by atoms with E-state index in [4.69, 9.17) is 0 Å². The molecule has 0 radical (unpaired) electrons. The number of carbonyl (C=O) groups is 3. The van der Waals surface area contributed by atoms with Gasteiger partial charge < -0.3 is 0 Å². The fourth-order valence-electron chi connectivity index (χ4n) is 3.72. The molecule has 31 heavy (non-hydrogen) atoms. The van der Waals surface area contributed by atoms with E-state index in [1.54, 1.807) is 54.6 Å². The quantitative estimate of drug-likeness (QED) is 0.373. The van der Waals surface area contributed by atoms with Gasteiger partial charge in [0.1, 0.15) is 6.67 Å². The number of hydrogen-bond acceptors (Lipinski definition) is 5. The fourth-order valence-corrected chi connectivity index (χ4v) is 3.72. The van der Waals surface area contributed by atoms with E-state index in [0.717, 1.165) is 4.90 Å². The van der Waals surface area contributed by atoms with Crippen molar-refractivity contribution >= 4 is 17.6 Å². The van der Waals surface area contributed by atoms with E-state index in [9.17, 15) is 14.4 Å². The van der Waals surface area contributed by atoms with Crippen LogP contribution < -0.4 is 0 Å². The molecule has 0 N–H and O–H groups in total. The number of hydrogen-bond donors (Lipinski definition) is 0. The Morgan fingerprint density at radius 3 is 2.00 bits per heavy atom. The maximum Gasteiger partial charge on any atom is 0.263 e. The largest absolute Gasteiger partial charge is 0.289 e. The predicted molar refractivity (Wildman–Crippen MR) is 112 cm³/mol. The Hall–Kier alpha value is -4.39. The number of carbonyl (C=O) groups excluding carboxylic acids is 3. The zero-order valence-electron chi connectivity index (χ0n) is 16.3. The van der Waals surface area contributed by atoms with E-state index in [0.29, 0.717) is 33.5 Å². The van der Waals surface area contributed by atoms with Gasteiger partial charge in [-0.3, -0.25) is 19.3 Å². The van der Waals surface area contributed by atoms with Crippen molar-refractivity contribution in [2.24, 2.45) is 0 Å². The number of rotatable bonds is 5. The van der Waals surface area contributed by atoms with Gasteiger partial charge in [0.05, 0.1) is 23.0 Å². The molecule has 0 bridgehead atoms. The predicted octanol–water partition coefficient (Wildman–Crippen LogP) is 3.43. The van der Waals surface area contributed by atoms with Crippen molar-refractivity contribution in [2.45, 2.75) is 6.67 Å².